The van der Waals surface area contributed by atoms with Gasteiger partial charge in [0.15, 0.2) is 12.4 Å². The fraction of sp³-hybridized carbons (Fsp3) is 0.385. The van der Waals surface area contributed by atoms with Gasteiger partial charge in [-0.1, -0.05) is 11.6 Å². The number of allylic oxidation sites excluding steroid dienone is 6. The van der Waals surface area contributed by atoms with Crippen molar-refractivity contribution in [2.24, 2.45) is 23.4 Å². The molecular formula is C26H22ClFN4O5. The molecule has 0 aromatic carbocycles. The second-order valence-electron chi connectivity index (χ2n) is 10.0. The molecule has 2 atom stereocenters. The van der Waals surface area contributed by atoms with Crippen LogP contribution in [-0.2, 0) is 26.2 Å². The number of halogens is 2. The first-order valence-corrected chi connectivity index (χ1v) is 12.3. The van der Waals surface area contributed by atoms with Crippen LogP contribution in [0.5, 0.6) is 0 Å². The summed E-state index contributed by atoms with van der Waals surface area (Å²) < 4.78 is 22.1. The lowest BCUT2D eigenvalue weighted by Gasteiger charge is -2.41. The molecule has 1 aromatic rings. The van der Waals surface area contributed by atoms with Crippen molar-refractivity contribution < 1.29 is 28.3 Å². The Bertz CT molecular complexity index is 1440. The molecule has 2 fully saturated rings. The van der Waals surface area contributed by atoms with Gasteiger partial charge in [0.1, 0.15) is 17.4 Å². The molecule has 37 heavy (non-hydrogen) atoms. The first-order chi connectivity index (χ1) is 17.7. The Morgan fingerprint density at radius 2 is 2.05 bits per heavy atom. The molecule has 1 aromatic heterocycles. The van der Waals surface area contributed by atoms with Crippen LogP contribution in [0.3, 0.4) is 0 Å². The Hall–Kier alpha value is -3.66. The average Bonchev–Trinajstić information content (AvgIpc) is 3.38. The lowest BCUT2D eigenvalue weighted by atomic mass is 9.74. The quantitative estimate of drug-likeness (QED) is 0.442. The number of hydrogen-bond acceptors (Lipinski definition) is 7. The summed E-state index contributed by atoms with van der Waals surface area (Å²) in [6, 6.07) is -0.310. The number of fused-ring (bicyclic) bond motifs is 5. The molecular weight excluding hydrogens is 503 g/mol. The molecule has 0 N–H and O–H groups in total. The summed E-state index contributed by atoms with van der Waals surface area (Å²) in [5, 5.41) is 0.00335. The number of rotatable bonds is 4. The Balaban J connectivity index is 1.43. The van der Waals surface area contributed by atoms with E-state index in [1.807, 2.05) is 0 Å². The summed E-state index contributed by atoms with van der Waals surface area (Å²) in [7, 11) is 1.65. The molecule has 0 bridgehead atoms. The topological polar surface area (TPSA) is 111 Å². The maximum Gasteiger partial charge on any atom is 0.315 e. The van der Waals surface area contributed by atoms with Crippen LogP contribution in [0.4, 0.5) is 4.39 Å². The Morgan fingerprint density at radius 3 is 2.76 bits per heavy atom. The van der Waals surface area contributed by atoms with Crippen LogP contribution in [0.1, 0.15) is 29.8 Å². The number of aromatic nitrogens is 2. The molecule has 190 valence electrons. The largest absolute Gasteiger partial charge is 0.457 e. The van der Waals surface area contributed by atoms with Gasteiger partial charge in [-0.25, -0.2) is 9.37 Å². The van der Waals surface area contributed by atoms with E-state index in [4.69, 9.17) is 16.3 Å². The number of ether oxygens (including phenoxy) is 1. The maximum atomic E-state index is 15.1. The standard InChI is InChI=1S/C26H22ClFN4O5/c1-31-12-30-9-19(31)20(34)11-37-25(36)16-10-32-21(35)6-26(2-3-26)24(32)15-7-29-8-17(27)23-14(22(15)16)4-13(33)5-18(23)28/h4-5,8-9,12,16,24H,2-3,6-7,10-11H2,1H3/b23-17-,29-8?. The highest BCUT2D eigenvalue weighted by Gasteiger charge is 2.62. The van der Waals surface area contributed by atoms with Crippen LogP contribution in [-0.4, -0.2) is 69.8 Å². The molecule has 1 saturated heterocycles. The van der Waals surface area contributed by atoms with Crippen LogP contribution >= 0.6 is 11.6 Å². The number of hydrogen-bond donors (Lipinski definition) is 0. The normalized spacial score (nSPS) is 27.7. The van der Waals surface area contributed by atoms with Crippen molar-refractivity contribution in [2.45, 2.75) is 25.3 Å². The van der Waals surface area contributed by atoms with Crippen molar-refractivity contribution in [1.82, 2.24) is 14.5 Å². The van der Waals surface area contributed by atoms with Gasteiger partial charge in [-0.05, 0) is 35.6 Å². The maximum absolute atomic E-state index is 15.1. The number of Topliss-reactive ketones (excluding diaryl/α,β-unsaturated/α-hetero) is 1. The lowest BCUT2D eigenvalue weighted by Crippen LogP contribution is -2.49. The van der Waals surface area contributed by atoms with Crippen LogP contribution in [0.25, 0.3) is 0 Å². The van der Waals surface area contributed by atoms with Gasteiger partial charge >= 0.3 is 5.97 Å². The number of aliphatic imine (C=N–C) groups is 1. The van der Waals surface area contributed by atoms with Gasteiger partial charge in [0, 0.05) is 43.3 Å². The highest BCUT2D eigenvalue weighted by atomic mass is 35.5. The van der Waals surface area contributed by atoms with Crippen LogP contribution < -0.4 is 0 Å². The predicted molar refractivity (Wildman–Crippen MR) is 129 cm³/mol. The molecule has 2 aliphatic carbocycles. The van der Waals surface area contributed by atoms with Crippen molar-refractivity contribution in [1.29, 1.82) is 0 Å². The smallest absolute Gasteiger partial charge is 0.315 e. The van der Waals surface area contributed by atoms with Crippen molar-refractivity contribution in [3.63, 3.8) is 0 Å². The summed E-state index contributed by atoms with van der Waals surface area (Å²) in [5.74, 6) is -3.72. The number of imidazole rings is 1. The van der Waals surface area contributed by atoms with E-state index >= 15 is 4.39 Å². The predicted octanol–water partition coefficient (Wildman–Crippen LogP) is 2.39. The van der Waals surface area contributed by atoms with E-state index in [-0.39, 0.29) is 52.3 Å². The van der Waals surface area contributed by atoms with Crippen LogP contribution in [0, 0.1) is 11.3 Å². The summed E-state index contributed by atoms with van der Waals surface area (Å²) in [6.07, 6.45) is 8.34. The van der Waals surface area contributed by atoms with Gasteiger partial charge in [-0.2, -0.15) is 0 Å². The molecule has 0 radical (unpaired) electrons. The third kappa shape index (κ3) is 3.73. The Morgan fingerprint density at radius 1 is 1.27 bits per heavy atom. The molecule has 1 spiro atoms. The summed E-state index contributed by atoms with van der Waals surface area (Å²) in [6.45, 7) is -0.412. The van der Waals surface area contributed by atoms with Crippen molar-refractivity contribution in [3.8, 4) is 0 Å². The third-order valence-corrected chi connectivity index (χ3v) is 8.09. The molecule has 3 aliphatic heterocycles. The average molecular weight is 525 g/mol. The second-order valence-corrected chi connectivity index (χ2v) is 10.5. The number of nitrogens with zero attached hydrogens (tertiary/aromatic N) is 4. The minimum atomic E-state index is -1.05. The van der Waals surface area contributed by atoms with E-state index in [1.54, 1.807) is 11.9 Å². The number of amides is 1. The highest BCUT2D eigenvalue weighted by molar-refractivity contribution is 6.40. The molecule has 4 heterocycles. The fourth-order valence-corrected chi connectivity index (χ4v) is 6.26. The molecule has 9 nitrogen and oxygen atoms in total. The number of carbonyl (C=O) groups excluding carboxylic acids is 4. The molecule has 2 unspecified atom stereocenters. The first-order valence-electron chi connectivity index (χ1n) is 11.9. The van der Waals surface area contributed by atoms with Crippen LogP contribution in [0.15, 0.2) is 62.8 Å². The van der Waals surface area contributed by atoms with E-state index in [9.17, 15) is 19.2 Å². The van der Waals surface area contributed by atoms with E-state index in [0.717, 1.165) is 18.9 Å². The molecule has 1 amide bonds. The lowest BCUT2D eigenvalue weighted by molar-refractivity contribution is -0.147. The monoisotopic (exact) mass is 524 g/mol. The number of ketones is 2. The van der Waals surface area contributed by atoms with Gasteiger partial charge in [0.25, 0.3) is 0 Å². The Kier molecular flexibility index (Phi) is 5.41. The zero-order valence-corrected chi connectivity index (χ0v) is 20.6. The van der Waals surface area contributed by atoms with Crippen molar-refractivity contribution in [3.05, 3.63) is 63.5 Å². The summed E-state index contributed by atoms with van der Waals surface area (Å²) >= 11 is 6.39. The summed E-state index contributed by atoms with van der Waals surface area (Å²) in [5.41, 5.74) is 1.28. The second kappa shape index (κ2) is 8.44. The van der Waals surface area contributed by atoms with Gasteiger partial charge in [-0.3, -0.25) is 24.2 Å². The molecule has 1 saturated carbocycles. The zero-order valence-electron chi connectivity index (χ0n) is 19.9. The summed E-state index contributed by atoms with van der Waals surface area (Å²) in [4.78, 5) is 61.6. The SMILES string of the molecule is Cn1cncc1C(=O)COC(=O)C1CN2C(=O)CC3(CC3)C2C2=C1C1=CC(=O)C=C(F)/C1=C(\Cl)C=NC2. The van der Waals surface area contributed by atoms with Crippen LogP contribution in [0.2, 0.25) is 0 Å². The van der Waals surface area contributed by atoms with Crippen molar-refractivity contribution >= 4 is 41.3 Å². The van der Waals surface area contributed by atoms with Gasteiger partial charge < -0.3 is 14.2 Å². The van der Waals surface area contributed by atoms with E-state index < -0.39 is 35.9 Å². The first kappa shape index (κ1) is 23.7. The molecule has 11 heteroatoms. The van der Waals surface area contributed by atoms with Gasteiger partial charge in [0.05, 0.1) is 30.1 Å². The minimum absolute atomic E-state index is 0.00335. The zero-order chi connectivity index (χ0) is 26.1. The number of aryl methyl sites for hydroxylation is 1. The number of esters is 1. The van der Waals surface area contributed by atoms with Gasteiger partial charge in [-0.15, -0.1) is 0 Å². The van der Waals surface area contributed by atoms with E-state index in [2.05, 4.69) is 9.98 Å². The third-order valence-electron chi connectivity index (χ3n) is 7.80. The highest BCUT2D eigenvalue weighted by Crippen LogP contribution is 2.62. The number of carbonyl (C=O) groups is 4. The minimum Gasteiger partial charge on any atom is -0.457 e. The fourth-order valence-electron chi connectivity index (χ4n) is 6.00. The van der Waals surface area contributed by atoms with Gasteiger partial charge in [0.2, 0.25) is 11.7 Å². The molecule has 5 aliphatic rings. The van der Waals surface area contributed by atoms with Crippen molar-refractivity contribution in [2.75, 3.05) is 19.7 Å². The Labute approximate surface area is 216 Å². The molecule has 6 rings (SSSR count). The van der Waals surface area contributed by atoms with E-state index in [1.165, 1.54) is 29.4 Å². The van der Waals surface area contributed by atoms with E-state index in [0.29, 0.717) is 17.6 Å².